The van der Waals surface area contributed by atoms with Crippen LogP contribution in [0.2, 0.25) is 0 Å². The first kappa shape index (κ1) is 20.5. The number of carbonyl (C=O) groups excluding carboxylic acids is 1. The van der Waals surface area contributed by atoms with Gasteiger partial charge < -0.3 is 4.74 Å². The van der Waals surface area contributed by atoms with Crippen LogP contribution in [0, 0.1) is 17.8 Å². The summed E-state index contributed by atoms with van der Waals surface area (Å²) in [6.07, 6.45) is 5.85. The molecule has 0 saturated heterocycles. The first-order valence-corrected chi connectivity index (χ1v) is 10.0. The monoisotopic (exact) mass is 355 g/mol. The second kappa shape index (κ2) is 10.4. The van der Waals surface area contributed by atoms with E-state index in [2.05, 4.69) is 49.6 Å². The highest BCUT2D eigenvalue weighted by molar-refractivity contribution is 5.83. The molecule has 1 atom stereocenters. The third-order valence-corrected chi connectivity index (χ3v) is 5.82. The minimum absolute atomic E-state index is 0.132. The Morgan fingerprint density at radius 2 is 1.77 bits per heavy atom. The summed E-state index contributed by atoms with van der Waals surface area (Å²) in [5, 5.41) is 0. The van der Waals surface area contributed by atoms with Crippen molar-refractivity contribution in [1.29, 1.82) is 0 Å². The molecule has 3 heteroatoms. The molecule has 1 aliphatic carbocycles. The summed E-state index contributed by atoms with van der Waals surface area (Å²) in [5.41, 5.74) is 0.482. The molecule has 2 rings (SSSR count). The van der Waals surface area contributed by atoms with Gasteiger partial charge in [0.15, 0.2) is 6.61 Å². The Hall–Kier alpha value is -1.79. The molecule has 1 aromatic rings. The molecule has 0 aromatic heterocycles. The Morgan fingerprint density at radius 3 is 2.38 bits per heavy atom. The van der Waals surface area contributed by atoms with E-state index in [9.17, 15) is 4.79 Å². The molecule has 26 heavy (non-hydrogen) atoms. The van der Waals surface area contributed by atoms with E-state index in [0.717, 1.165) is 38.0 Å². The average Bonchev–Trinajstić information content (AvgIpc) is 2.71. The zero-order valence-electron chi connectivity index (χ0n) is 16.6. The van der Waals surface area contributed by atoms with Crippen molar-refractivity contribution in [3.05, 3.63) is 35.9 Å². The lowest BCUT2D eigenvalue weighted by Gasteiger charge is -2.38. The van der Waals surface area contributed by atoms with Crippen LogP contribution < -0.4 is 0 Å². The third-order valence-electron chi connectivity index (χ3n) is 5.82. The summed E-state index contributed by atoms with van der Waals surface area (Å²) in [6, 6.07) is 10.1. The van der Waals surface area contributed by atoms with Crippen molar-refractivity contribution in [3.63, 3.8) is 0 Å². The van der Waals surface area contributed by atoms with Crippen molar-refractivity contribution in [1.82, 2.24) is 4.90 Å². The van der Waals surface area contributed by atoms with Crippen LogP contribution in [-0.2, 0) is 14.9 Å². The van der Waals surface area contributed by atoms with Crippen LogP contribution in [0.5, 0.6) is 0 Å². The molecule has 3 nitrogen and oxygen atoms in total. The summed E-state index contributed by atoms with van der Waals surface area (Å²) < 4.78 is 5.63. The summed E-state index contributed by atoms with van der Waals surface area (Å²) >= 11 is 0. The van der Waals surface area contributed by atoms with Gasteiger partial charge in [0.25, 0.3) is 0 Å². The quantitative estimate of drug-likeness (QED) is 0.536. The topological polar surface area (TPSA) is 29.5 Å². The lowest BCUT2D eigenvalue weighted by Crippen LogP contribution is -2.42. The van der Waals surface area contributed by atoms with Crippen molar-refractivity contribution in [2.24, 2.45) is 5.92 Å². The summed E-state index contributed by atoms with van der Waals surface area (Å²) in [6.45, 7) is 9.18. The first-order chi connectivity index (χ1) is 12.6. The highest BCUT2D eigenvalue weighted by atomic mass is 16.5. The van der Waals surface area contributed by atoms with E-state index in [4.69, 9.17) is 4.74 Å². The number of rotatable bonds is 7. The molecular formula is C23H33NO2. The molecule has 0 bridgehead atoms. The fourth-order valence-corrected chi connectivity index (χ4v) is 3.90. The predicted octanol–water partition coefficient (Wildman–Crippen LogP) is 4.41. The molecule has 0 spiro atoms. The smallest absolute Gasteiger partial charge is 0.317 e. The molecule has 0 heterocycles. The number of nitrogens with zero attached hydrogens (tertiary/aromatic N) is 1. The van der Waals surface area contributed by atoms with Gasteiger partial charge in [-0.05, 0) is 44.3 Å². The standard InChI is InChI=1S/C23H33NO2/c1-4-24(5-2)18-12-13-19-26-22(25)23(3,20-14-8-6-9-15-20)21-16-10-7-11-17-21/h6,8-9,14-15,21H,4-5,7,10-11,16-19H2,1-3H3/t23-/m0/s1. The van der Waals surface area contributed by atoms with Crippen molar-refractivity contribution in [2.75, 3.05) is 26.2 Å². The molecule has 0 unspecified atom stereocenters. The molecule has 1 saturated carbocycles. The van der Waals surface area contributed by atoms with Crippen LogP contribution >= 0.6 is 0 Å². The zero-order chi connectivity index (χ0) is 18.8. The van der Waals surface area contributed by atoms with Crippen LogP contribution in [0.3, 0.4) is 0 Å². The van der Waals surface area contributed by atoms with Gasteiger partial charge in [-0.2, -0.15) is 0 Å². The van der Waals surface area contributed by atoms with Crippen LogP contribution in [0.25, 0.3) is 0 Å². The van der Waals surface area contributed by atoms with E-state index in [-0.39, 0.29) is 12.6 Å². The van der Waals surface area contributed by atoms with Gasteiger partial charge in [0.1, 0.15) is 0 Å². The zero-order valence-corrected chi connectivity index (χ0v) is 16.6. The largest absolute Gasteiger partial charge is 0.452 e. The van der Waals surface area contributed by atoms with Gasteiger partial charge in [-0.1, -0.05) is 75.3 Å². The summed E-state index contributed by atoms with van der Waals surface area (Å²) in [5.74, 6) is 6.33. The molecule has 1 fully saturated rings. The molecule has 0 radical (unpaired) electrons. The van der Waals surface area contributed by atoms with Crippen molar-refractivity contribution >= 4 is 5.97 Å². The minimum Gasteiger partial charge on any atom is -0.452 e. The highest BCUT2D eigenvalue weighted by Gasteiger charge is 2.44. The van der Waals surface area contributed by atoms with Gasteiger partial charge >= 0.3 is 5.97 Å². The molecule has 142 valence electrons. The fourth-order valence-electron chi connectivity index (χ4n) is 3.90. The number of hydrogen-bond acceptors (Lipinski definition) is 3. The summed E-state index contributed by atoms with van der Waals surface area (Å²) in [4.78, 5) is 15.3. The number of ether oxygens (including phenoxy) is 1. The minimum atomic E-state index is -0.581. The normalized spacial score (nSPS) is 17.2. The maximum absolute atomic E-state index is 13.1. The van der Waals surface area contributed by atoms with Gasteiger partial charge in [-0.15, -0.1) is 0 Å². The predicted molar refractivity (Wildman–Crippen MR) is 107 cm³/mol. The molecule has 0 amide bonds. The highest BCUT2D eigenvalue weighted by Crippen LogP contribution is 2.41. The van der Waals surface area contributed by atoms with Crippen LogP contribution in [0.4, 0.5) is 0 Å². The second-order valence-corrected chi connectivity index (χ2v) is 7.29. The maximum atomic E-state index is 13.1. The van der Waals surface area contributed by atoms with Crippen molar-refractivity contribution in [3.8, 4) is 11.8 Å². The molecule has 1 aromatic carbocycles. The lowest BCUT2D eigenvalue weighted by molar-refractivity contribution is -0.151. The van der Waals surface area contributed by atoms with Crippen molar-refractivity contribution < 1.29 is 9.53 Å². The van der Waals surface area contributed by atoms with E-state index in [0.29, 0.717) is 5.92 Å². The van der Waals surface area contributed by atoms with Crippen molar-refractivity contribution in [2.45, 2.75) is 58.3 Å². The van der Waals surface area contributed by atoms with E-state index >= 15 is 0 Å². The molecule has 0 N–H and O–H groups in total. The number of hydrogen-bond donors (Lipinski definition) is 0. The SMILES string of the molecule is CCN(CC)CC#CCOC(=O)[C@@](C)(c1ccccc1)C1CCCCC1. The third kappa shape index (κ3) is 5.11. The van der Waals surface area contributed by atoms with E-state index in [1.807, 2.05) is 18.2 Å². The fraction of sp³-hybridized carbons (Fsp3) is 0.609. The van der Waals surface area contributed by atoms with Gasteiger partial charge in [0.05, 0.1) is 12.0 Å². The Morgan fingerprint density at radius 1 is 1.12 bits per heavy atom. The average molecular weight is 356 g/mol. The number of carbonyl (C=O) groups is 1. The Bertz CT molecular complexity index is 606. The van der Waals surface area contributed by atoms with Gasteiger partial charge in [-0.25, -0.2) is 0 Å². The van der Waals surface area contributed by atoms with Crippen LogP contribution in [0.15, 0.2) is 30.3 Å². The first-order valence-electron chi connectivity index (χ1n) is 10.0. The van der Waals surface area contributed by atoms with Gasteiger partial charge in [-0.3, -0.25) is 9.69 Å². The Kier molecular flexibility index (Phi) is 8.19. The van der Waals surface area contributed by atoms with E-state index in [1.54, 1.807) is 0 Å². The summed E-state index contributed by atoms with van der Waals surface area (Å²) in [7, 11) is 0. The maximum Gasteiger partial charge on any atom is 0.317 e. The van der Waals surface area contributed by atoms with Gasteiger partial charge in [0.2, 0.25) is 0 Å². The molecule has 0 aliphatic heterocycles. The Balaban J connectivity index is 2.06. The molecule has 1 aliphatic rings. The van der Waals surface area contributed by atoms with E-state index < -0.39 is 5.41 Å². The van der Waals surface area contributed by atoms with E-state index in [1.165, 1.54) is 19.3 Å². The van der Waals surface area contributed by atoms with Crippen LogP contribution in [0.1, 0.15) is 58.4 Å². The Labute approximate surface area is 159 Å². The van der Waals surface area contributed by atoms with Crippen LogP contribution in [-0.4, -0.2) is 37.1 Å². The number of esters is 1. The molecular weight excluding hydrogens is 322 g/mol. The number of benzene rings is 1. The second-order valence-electron chi connectivity index (χ2n) is 7.29. The van der Waals surface area contributed by atoms with Gasteiger partial charge in [0, 0.05) is 0 Å². The lowest BCUT2D eigenvalue weighted by atomic mass is 9.66.